The summed E-state index contributed by atoms with van der Waals surface area (Å²) in [6, 6.07) is 18.9. The van der Waals surface area contributed by atoms with E-state index in [0.29, 0.717) is 11.3 Å². The van der Waals surface area contributed by atoms with Crippen LogP contribution in [0.4, 0.5) is 23.1 Å². The lowest BCUT2D eigenvalue weighted by atomic mass is 10.1. The van der Waals surface area contributed by atoms with Crippen molar-refractivity contribution >= 4 is 23.1 Å². The van der Waals surface area contributed by atoms with Crippen molar-refractivity contribution in [1.29, 1.82) is 10.5 Å². The van der Waals surface area contributed by atoms with Crippen LogP contribution in [0.15, 0.2) is 48.5 Å². The van der Waals surface area contributed by atoms with Crippen molar-refractivity contribution in [2.45, 2.75) is 0 Å². The van der Waals surface area contributed by atoms with Crippen LogP contribution in [0.3, 0.4) is 0 Å². The zero-order valence-corrected chi connectivity index (χ0v) is 14.0. The summed E-state index contributed by atoms with van der Waals surface area (Å²) < 4.78 is 0. The number of nitrogen functional groups attached to an aromatic ring is 2. The van der Waals surface area contributed by atoms with Crippen LogP contribution in [-0.2, 0) is 0 Å². The van der Waals surface area contributed by atoms with Crippen LogP contribution >= 0.6 is 0 Å². The van der Waals surface area contributed by atoms with Crippen LogP contribution in [0.2, 0.25) is 0 Å². The first-order valence-electron chi connectivity index (χ1n) is 7.71. The minimum atomic E-state index is 0.0234. The second kappa shape index (κ2) is 6.80. The number of benzene rings is 2. The third-order valence-corrected chi connectivity index (χ3v) is 3.98. The number of hydrogen-bond donors (Lipinski definition) is 2. The minimum absolute atomic E-state index is 0.0234. The molecule has 3 aromatic rings. The van der Waals surface area contributed by atoms with Crippen LogP contribution in [0.1, 0.15) is 11.1 Å². The molecule has 126 valence electrons. The van der Waals surface area contributed by atoms with E-state index in [1.807, 2.05) is 54.4 Å². The Balaban J connectivity index is 1.94. The van der Waals surface area contributed by atoms with E-state index in [1.54, 1.807) is 12.1 Å². The molecule has 0 saturated carbocycles. The van der Waals surface area contributed by atoms with E-state index < -0.39 is 0 Å². The fourth-order valence-electron chi connectivity index (χ4n) is 2.57. The lowest BCUT2D eigenvalue weighted by molar-refractivity contribution is 1.18. The lowest BCUT2D eigenvalue weighted by Gasteiger charge is -2.20. The molecule has 0 fully saturated rings. The molecule has 26 heavy (non-hydrogen) atoms. The van der Waals surface area contributed by atoms with E-state index in [1.165, 1.54) is 0 Å². The van der Waals surface area contributed by atoms with Gasteiger partial charge >= 0.3 is 0 Å². The van der Waals surface area contributed by atoms with Gasteiger partial charge in [0.1, 0.15) is 17.5 Å². The van der Waals surface area contributed by atoms with Crippen molar-refractivity contribution < 1.29 is 0 Å². The first-order valence-corrected chi connectivity index (χ1v) is 7.71. The molecular formula is C19H15N7. The van der Waals surface area contributed by atoms with Gasteiger partial charge in [-0.2, -0.15) is 15.5 Å². The van der Waals surface area contributed by atoms with Crippen LogP contribution in [0.5, 0.6) is 0 Å². The molecule has 0 aliphatic rings. The van der Waals surface area contributed by atoms with Crippen molar-refractivity contribution in [3.63, 3.8) is 0 Å². The highest BCUT2D eigenvalue weighted by Gasteiger charge is 2.13. The molecular weight excluding hydrogens is 326 g/mol. The Labute approximate surface area is 150 Å². The van der Waals surface area contributed by atoms with Gasteiger partial charge in [0, 0.05) is 24.0 Å². The topological polar surface area (TPSA) is 129 Å². The first kappa shape index (κ1) is 16.7. The van der Waals surface area contributed by atoms with Gasteiger partial charge in [-0.3, -0.25) is 0 Å². The largest absolute Gasteiger partial charge is 0.382 e. The predicted molar refractivity (Wildman–Crippen MR) is 100 cm³/mol. The Morgan fingerprint density at radius 3 is 1.96 bits per heavy atom. The summed E-state index contributed by atoms with van der Waals surface area (Å²) in [5, 5.41) is 18.2. The molecule has 0 bridgehead atoms. The summed E-state index contributed by atoms with van der Waals surface area (Å²) >= 11 is 0. The number of aromatic nitrogens is 2. The number of nitriles is 2. The SMILES string of the molecule is CN(c1ccc(C#N)cc1)c1ccc(-c2nc(N)nc(N)c2C#N)cc1. The van der Waals surface area contributed by atoms with Crippen molar-refractivity contribution in [3.8, 4) is 23.4 Å². The molecule has 2 aromatic carbocycles. The Hall–Kier alpha value is -4.10. The maximum Gasteiger partial charge on any atom is 0.222 e. The molecule has 7 heteroatoms. The third-order valence-electron chi connectivity index (χ3n) is 3.98. The lowest BCUT2D eigenvalue weighted by Crippen LogP contribution is -2.09. The molecule has 1 aromatic heterocycles. The number of nitrogens with two attached hydrogens (primary N) is 2. The number of nitrogens with zero attached hydrogens (tertiary/aromatic N) is 5. The Kier molecular flexibility index (Phi) is 4.38. The van der Waals surface area contributed by atoms with Crippen molar-refractivity contribution in [3.05, 3.63) is 59.7 Å². The molecule has 0 saturated heterocycles. The Bertz CT molecular complexity index is 1030. The fraction of sp³-hybridized carbons (Fsp3) is 0.0526. The summed E-state index contributed by atoms with van der Waals surface area (Å²) in [5.74, 6) is 0.0871. The van der Waals surface area contributed by atoms with Gasteiger partial charge in [0.25, 0.3) is 0 Å². The summed E-state index contributed by atoms with van der Waals surface area (Å²) in [6.45, 7) is 0. The standard InChI is InChI=1S/C19H15N7/c1-26(14-6-2-12(10-20)3-7-14)15-8-4-13(5-9-15)17-16(11-21)18(22)25-19(23)24-17/h2-9H,1H3,(H4,22,23,24,25). The molecule has 0 radical (unpaired) electrons. The average molecular weight is 341 g/mol. The van der Waals surface area contributed by atoms with Crippen molar-refractivity contribution in [2.24, 2.45) is 0 Å². The highest BCUT2D eigenvalue weighted by atomic mass is 15.1. The molecule has 3 rings (SSSR count). The van der Waals surface area contributed by atoms with E-state index in [2.05, 4.69) is 16.0 Å². The molecule has 0 atom stereocenters. The van der Waals surface area contributed by atoms with Crippen LogP contribution < -0.4 is 16.4 Å². The zero-order chi connectivity index (χ0) is 18.7. The van der Waals surface area contributed by atoms with Gasteiger partial charge in [-0.05, 0) is 36.4 Å². The van der Waals surface area contributed by atoms with E-state index in [-0.39, 0.29) is 17.3 Å². The van der Waals surface area contributed by atoms with Gasteiger partial charge in [-0.15, -0.1) is 0 Å². The van der Waals surface area contributed by atoms with Gasteiger partial charge in [0.2, 0.25) is 5.95 Å². The molecule has 0 aliphatic heterocycles. The molecule has 1 heterocycles. The summed E-state index contributed by atoms with van der Waals surface area (Å²) in [7, 11) is 1.93. The summed E-state index contributed by atoms with van der Waals surface area (Å²) in [6.07, 6.45) is 0. The van der Waals surface area contributed by atoms with Gasteiger partial charge in [-0.1, -0.05) is 12.1 Å². The van der Waals surface area contributed by atoms with E-state index in [4.69, 9.17) is 16.7 Å². The number of hydrogen-bond acceptors (Lipinski definition) is 7. The van der Waals surface area contributed by atoms with Crippen molar-refractivity contribution in [2.75, 3.05) is 23.4 Å². The number of anilines is 4. The Morgan fingerprint density at radius 1 is 0.846 bits per heavy atom. The van der Waals surface area contributed by atoms with E-state index in [0.717, 1.165) is 16.9 Å². The van der Waals surface area contributed by atoms with Gasteiger partial charge in [0.15, 0.2) is 0 Å². The van der Waals surface area contributed by atoms with Crippen LogP contribution in [-0.4, -0.2) is 17.0 Å². The van der Waals surface area contributed by atoms with Gasteiger partial charge < -0.3 is 16.4 Å². The molecule has 0 aliphatic carbocycles. The minimum Gasteiger partial charge on any atom is -0.382 e. The van der Waals surface area contributed by atoms with Gasteiger partial charge in [0.05, 0.1) is 17.3 Å². The maximum atomic E-state index is 9.30. The van der Waals surface area contributed by atoms with Crippen molar-refractivity contribution in [1.82, 2.24) is 9.97 Å². The van der Waals surface area contributed by atoms with E-state index in [9.17, 15) is 5.26 Å². The second-order valence-corrected chi connectivity index (χ2v) is 5.57. The quantitative estimate of drug-likeness (QED) is 0.749. The average Bonchev–Trinajstić information content (AvgIpc) is 2.67. The molecule has 7 nitrogen and oxygen atoms in total. The highest BCUT2D eigenvalue weighted by molar-refractivity contribution is 5.75. The van der Waals surface area contributed by atoms with Gasteiger partial charge in [-0.25, -0.2) is 4.98 Å². The van der Waals surface area contributed by atoms with Crippen LogP contribution in [0.25, 0.3) is 11.3 Å². The smallest absolute Gasteiger partial charge is 0.222 e. The first-order chi connectivity index (χ1) is 12.5. The normalized spacial score (nSPS) is 9.96. The summed E-state index contributed by atoms with van der Waals surface area (Å²) in [5.41, 5.74) is 15.2. The highest BCUT2D eigenvalue weighted by Crippen LogP contribution is 2.29. The maximum absolute atomic E-state index is 9.30. The van der Waals surface area contributed by atoms with Crippen LogP contribution in [0, 0.1) is 22.7 Å². The monoisotopic (exact) mass is 341 g/mol. The predicted octanol–water partition coefficient (Wildman–Crippen LogP) is 2.82. The van der Waals surface area contributed by atoms with E-state index >= 15 is 0 Å². The zero-order valence-electron chi connectivity index (χ0n) is 14.0. The molecule has 0 amide bonds. The fourth-order valence-corrected chi connectivity index (χ4v) is 2.57. The number of rotatable bonds is 3. The Morgan fingerprint density at radius 2 is 1.42 bits per heavy atom. The second-order valence-electron chi connectivity index (χ2n) is 5.57. The molecule has 4 N–H and O–H groups in total. The third kappa shape index (κ3) is 3.10. The summed E-state index contributed by atoms with van der Waals surface area (Å²) in [4.78, 5) is 9.95. The molecule has 0 unspecified atom stereocenters. The molecule has 0 spiro atoms.